The fourth-order valence-electron chi connectivity index (χ4n) is 2.70. The molecule has 0 bridgehead atoms. The first-order valence-electron chi connectivity index (χ1n) is 6.25. The van der Waals surface area contributed by atoms with Gasteiger partial charge in [-0.05, 0) is 34.8 Å². The second-order valence-electron chi connectivity index (χ2n) is 4.96. The molecule has 96 valence electrons. The standard InChI is InChI=1S/C13H15BrFN3/c14-8-5-11-12(6-9(8)15)18-13(17-11)7-3-1-2-4-10(7)16/h5-7,10H,1-4,16H2,(H,17,18). The van der Waals surface area contributed by atoms with Crippen LogP contribution in [0.1, 0.15) is 37.4 Å². The van der Waals surface area contributed by atoms with Crippen molar-refractivity contribution in [1.29, 1.82) is 0 Å². The van der Waals surface area contributed by atoms with E-state index in [-0.39, 0.29) is 17.8 Å². The molecular formula is C13H15BrFN3. The molecule has 0 spiro atoms. The molecule has 1 aliphatic carbocycles. The van der Waals surface area contributed by atoms with Crippen LogP contribution in [0.4, 0.5) is 4.39 Å². The Hall–Kier alpha value is -0.940. The van der Waals surface area contributed by atoms with Gasteiger partial charge in [0.25, 0.3) is 0 Å². The summed E-state index contributed by atoms with van der Waals surface area (Å²) in [5, 5.41) is 0. The Morgan fingerprint density at radius 3 is 2.89 bits per heavy atom. The number of halogens is 2. The SMILES string of the molecule is NC1CCCCC1c1nc2cc(Br)c(F)cc2[nH]1. The van der Waals surface area contributed by atoms with Crippen molar-refractivity contribution in [2.45, 2.75) is 37.6 Å². The predicted octanol–water partition coefficient (Wildman–Crippen LogP) is 3.45. The number of fused-ring (bicyclic) bond motifs is 1. The molecule has 0 aliphatic heterocycles. The number of H-pyrrole nitrogens is 1. The molecule has 3 nitrogen and oxygen atoms in total. The fourth-order valence-corrected chi connectivity index (χ4v) is 3.03. The van der Waals surface area contributed by atoms with Crippen LogP contribution < -0.4 is 5.73 Å². The van der Waals surface area contributed by atoms with E-state index in [0.717, 1.165) is 29.7 Å². The lowest BCUT2D eigenvalue weighted by molar-refractivity contribution is 0.375. The van der Waals surface area contributed by atoms with Crippen molar-refractivity contribution in [1.82, 2.24) is 9.97 Å². The largest absolute Gasteiger partial charge is 0.342 e. The lowest BCUT2D eigenvalue weighted by Crippen LogP contribution is -2.31. The van der Waals surface area contributed by atoms with Crippen molar-refractivity contribution in [2.75, 3.05) is 0 Å². The van der Waals surface area contributed by atoms with Crippen molar-refractivity contribution in [2.24, 2.45) is 5.73 Å². The fraction of sp³-hybridized carbons (Fsp3) is 0.462. The van der Waals surface area contributed by atoms with E-state index in [1.165, 1.54) is 18.9 Å². The molecule has 2 unspecified atom stereocenters. The molecule has 2 aromatic rings. The topological polar surface area (TPSA) is 54.7 Å². The quantitative estimate of drug-likeness (QED) is 0.847. The Kier molecular flexibility index (Phi) is 3.11. The minimum Gasteiger partial charge on any atom is -0.342 e. The number of hydrogen-bond donors (Lipinski definition) is 2. The Balaban J connectivity index is 2.02. The molecule has 0 radical (unpaired) electrons. The van der Waals surface area contributed by atoms with Crippen LogP contribution in [0.15, 0.2) is 16.6 Å². The summed E-state index contributed by atoms with van der Waals surface area (Å²) >= 11 is 3.18. The maximum absolute atomic E-state index is 13.5. The van der Waals surface area contributed by atoms with Crippen LogP contribution in [0.3, 0.4) is 0 Å². The number of aromatic amines is 1. The number of nitrogens with zero attached hydrogens (tertiary/aromatic N) is 1. The number of rotatable bonds is 1. The first-order chi connectivity index (χ1) is 8.65. The second-order valence-corrected chi connectivity index (χ2v) is 5.81. The van der Waals surface area contributed by atoms with Crippen molar-refractivity contribution >= 4 is 27.0 Å². The number of hydrogen-bond acceptors (Lipinski definition) is 2. The molecule has 1 fully saturated rings. The van der Waals surface area contributed by atoms with E-state index in [0.29, 0.717) is 4.47 Å². The average molecular weight is 312 g/mol. The van der Waals surface area contributed by atoms with Crippen LogP contribution in [0.2, 0.25) is 0 Å². The minimum atomic E-state index is -0.273. The van der Waals surface area contributed by atoms with Gasteiger partial charge in [-0.2, -0.15) is 0 Å². The van der Waals surface area contributed by atoms with Gasteiger partial charge in [0.15, 0.2) is 0 Å². The highest BCUT2D eigenvalue weighted by Gasteiger charge is 2.26. The van der Waals surface area contributed by atoms with E-state index in [2.05, 4.69) is 25.9 Å². The number of nitrogens with two attached hydrogens (primary N) is 1. The first kappa shape index (κ1) is 12.1. The molecule has 1 aliphatic rings. The maximum atomic E-state index is 13.5. The van der Waals surface area contributed by atoms with Crippen molar-refractivity contribution in [3.63, 3.8) is 0 Å². The van der Waals surface area contributed by atoms with E-state index in [1.807, 2.05) is 0 Å². The zero-order valence-corrected chi connectivity index (χ0v) is 11.5. The highest BCUT2D eigenvalue weighted by atomic mass is 79.9. The molecule has 1 saturated carbocycles. The molecule has 0 amide bonds. The number of benzene rings is 1. The highest BCUT2D eigenvalue weighted by Crippen LogP contribution is 2.32. The van der Waals surface area contributed by atoms with E-state index in [9.17, 15) is 4.39 Å². The van der Waals surface area contributed by atoms with Gasteiger partial charge in [-0.1, -0.05) is 12.8 Å². The summed E-state index contributed by atoms with van der Waals surface area (Å²) in [6.45, 7) is 0. The first-order valence-corrected chi connectivity index (χ1v) is 7.04. The smallest absolute Gasteiger partial charge is 0.139 e. The van der Waals surface area contributed by atoms with Crippen LogP contribution in [0.25, 0.3) is 11.0 Å². The average Bonchev–Trinajstić information content (AvgIpc) is 2.73. The third-order valence-corrected chi connectivity index (χ3v) is 4.32. The van der Waals surface area contributed by atoms with Gasteiger partial charge in [-0.15, -0.1) is 0 Å². The molecule has 0 saturated heterocycles. The van der Waals surface area contributed by atoms with Crippen molar-refractivity contribution in [3.05, 3.63) is 28.2 Å². The molecule has 2 atom stereocenters. The molecule has 18 heavy (non-hydrogen) atoms. The molecule has 5 heteroatoms. The summed E-state index contributed by atoms with van der Waals surface area (Å²) in [6, 6.07) is 3.34. The van der Waals surface area contributed by atoms with E-state index in [1.54, 1.807) is 6.07 Å². The van der Waals surface area contributed by atoms with Gasteiger partial charge in [-0.25, -0.2) is 9.37 Å². The molecule has 1 aromatic heterocycles. The predicted molar refractivity (Wildman–Crippen MR) is 72.9 cm³/mol. The van der Waals surface area contributed by atoms with Gasteiger partial charge >= 0.3 is 0 Å². The van der Waals surface area contributed by atoms with Gasteiger partial charge in [0, 0.05) is 18.0 Å². The van der Waals surface area contributed by atoms with E-state index >= 15 is 0 Å². The second kappa shape index (κ2) is 4.63. The molecule has 1 heterocycles. The number of aromatic nitrogens is 2. The van der Waals surface area contributed by atoms with Crippen molar-refractivity contribution < 1.29 is 4.39 Å². The van der Waals surface area contributed by atoms with Gasteiger partial charge in [0.1, 0.15) is 11.6 Å². The number of imidazole rings is 1. The third kappa shape index (κ3) is 2.06. The zero-order chi connectivity index (χ0) is 12.7. The lowest BCUT2D eigenvalue weighted by Gasteiger charge is -2.26. The summed E-state index contributed by atoms with van der Waals surface area (Å²) < 4.78 is 13.9. The Bertz CT molecular complexity index is 542. The molecule has 3 rings (SSSR count). The maximum Gasteiger partial charge on any atom is 0.139 e. The van der Waals surface area contributed by atoms with E-state index in [4.69, 9.17) is 5.73 Å². The Morgan fingerprint density at radius 1 is 1.33 bits per heavy atom. The summed E-state index contributed by atoms with van der Waals surface area (Å²) in [6.07, 6.45) is 4.48. The van der Waals surface area contributed by atoms with Gasteiger partial charge in [0.2, 0.25) is 0 Å². The minimum absolute atomic E-state index is 0.160. The Labute approximate surface area is 113 Å². The molecule has 1 aromatic carbocycles. The highest BCUT2D eigenvalue weighted by molar-refractivity contribution is 9.10. The molecule has 3 N–H and O–H groups in total. The van der Waals surface area contributed by atoms with Crippen molar-refractivity contribution in [3.8, 4) is 0 Å². The van der Waals surface area contributed by atoms with Crippen LogP contribution >= 0.6 is 15.9 Å². The van der Waals surface area contributed by atoms with Crippen LogP contribution in [0, 0.1) is 5.82 Å². The van der Waals surface area contributed by atoms with Crippen LogP contribution in [-0.2, 0) is 0 Å². The summed E-state index contributed by atoms with van der Waals surface area (Å²) in [5.74, 6) is 0.897. The lowest BCUT2D eigenvalue weighted by atomic mass is 9.84. The Morgan fingerprint density at radius 2 is 2.11 bits per heavy atom. The van der Waals surface area contributed by atoms with Crippen LogP contribution in [-0.4, -0.2) is 16.0 Å². The monoisotopic (exact) mass is 311 g/mol. The summed E-state index contributed by atoms with van der Waals surface area (Å²) in [4.78, 5) is 7.77. The van der Waals surface area contributed by atoms with Gasteiger partial charge in [-0.3, -0.25) is 0 Å². The number of nitrogens with one attached hydrogen (secondary N) is 1. The third-order valence-electron chi connectivity index (χ3n) is 3.71. The zero-order valence-electron chi connectivity index (χ0n) is 9.92. The summed E-state index contributed by atoms with van der Waals surface area (Å²) in [7, 11) is 0. The normalized spacial score (nSPS) is 24.6. The van der Waals surface area contributed by atoms with Gasteiger partial charge in [0.05, 0.1) is 15.5 Å². The van der Waals surface area contributed by atoms with Crippen LogP contribution in [0.5, 0.6) is 0 Å². The molecular weight excluding hydrogens is 297 g/mol. The van der Waals surface area contributed by atoms with Gasteiger partial charge < -0.3 is 10.7 Å². The van der Waals surface area contributed by atoms with E-state index < -0.39 is 0 Å². The summed E-state index contributed by atoms with van der Waals surface area (Å²) in [5.41, 5.74) is 7.68.